The molecule has 0 aliphatic heterocycles. The van der Waals surface area contributed by atoms with Gasteiger partial charge in [0.05, 0.1) is 9.85 Å². The Bertz CT molecular complexity index is 874. The van der Waals surface area contributed by atoms with Gasteiger partial charge in [-0.1, -0.05) is 12.1 Å². The third kappa shape index (κ3) is 8.45. The van der Waals surface area contributed by atoms with E-state index < -0.39 is 15.1 Å². The first-order chi connectivity index (χ1) is 13.6. The fourth-order valence-corrected chi connectivity index (χ4v) is 2.12. The van der Waals surface area contributed by atoms with Crippen molar-refractivity contribution in [3.8, 4) is 0 Å². The van der Waals surface area contributed by atoms with Crippen LogP contribution in [0.3, 0.4) is 0 Å². The van der Waals surface area contributed by atoms with Crippen molar-refractivity contribution in [1.82, 2.24) is 10.2 Å². The van der Waals surface area contributed by atoms with E-state index in [1.165, 1.54) is 36.4 Å². The third-order valence-electron chi connectivity index (χ3n) is 3.45. The van der Waals surface area contributed by atoms with Crippen LogP contribution >= 0.6 is 11.6 Å². The molecule has 2 aromatic rings. The average Bonchev–Trinajstić information content (AvgIpc) is 2.68. The Hall–Kier alpha value is -3.37. The lowest BCUT2D eigenvalue weighted by Crippen LogP contribution is -2.31. The molecule has 11 heteroatoms. The number of non-ortho nitro benzene ring substituents is 2. The standard InChI is InChI=1S/C11H15N3O3.C7H4ClNO3/c1-13(2)7-6-12-11(15)9-4-3-5-10(8-9)14(16)17;8-7(10)5-2-1-3-6(4-5)9(11)12/h3-5,8H,6-7H2,1-2H3,(H,12,15);1-4H. The molecular formula is C18H19ClN4O6. The number of carbonyl (C=O) groups is 2. The molecule has 0 aliphatic rings. The van der Waals surface area contributed by atoms with E-state index in [1.54, 1.807) is 6.07 Å². The van der Waals surface area contributed by atoms with Gasteiger partial charge in [-0.15, -0.1) is 0 Å². The van der Waals surface area contributed by atoms with Gasteiger partial charge in [0.1, 0.15) is 0 Å². The van der Waals surface area contributed by atoms with Crippen LogP contribution in [0.4, 0.5) is 11.4 Å². The summed E-state index contributed by atoms with van der Waals surface area (Å²) in [7, 11) is 3.80. The van der Waals surface area contributed by atoms with Crippen molar-refractivity contribution in [2.75, 3.05) is 27.2 Å². The summed E-state index contributed by atoms with van der Waals surface area (Å²) in [5, 5.41) is 22.8. The number of amides is 1. The van der Waals surface area contributed by atoms with Gasteiger partial charge >= 0.3 is 0 Å². The van der Waals surface area contributed by atoms with Crippen molar-refractivity contribution < 1.29 is 19.4 Å². The minimum atomic E-state index is -0.696. The Balaban J connectivity index is 0.000000308. The molecule has 10 nitrogen and oxygen atoms in total. The molecule has 0 bridgehead atoms. The number of nitrogens with one attached hydrogen (secondary N) is 1. The van der Waals surface area contributed by atoms with Gasteiger partial charge in [-0.3, -0.25) is 29.8 Å². The van der Waals surface area contributed by atoms with Gasteiger partial charge in [-0.05, 0) is 37.8 Å². The van der Waals surface area contributed by atoms with Crippen LogP contribution < -0.4 is 5.32 Å². The summed E-state index contributed by atoms with van der Waals surface area (Å²) in [5.74, 6) is -0.296. The van der Waals surface area contributed by atoms with Crippen LogP contribution in [0.1, 0.15) is 20.7 Å². The summed E-state index contributed by atoms with van der Waals surface area (Å²) in [6.07, 6.45) is 0. The van der Waals surface area contributed by atoms with Crippen LogP contribution in [0.2, 0.25) is 0 Å². The lowest BCUT2D eigenvalue weighted by atomic mass is 10.2. The van der Waals surface area contributed by atoms with E-state index in [2.05, 4.69) is 5.32 Å². The zero-order valence-corrected chi connectivity index (χ0v) is 16.5. The average molecular weight is 423 g/mol. The van der Waals surface area contributed by atoms with Crippen LogP contribution in [0.5, 0.6) is 0 Å². The topological polar surface area (TPSA) is 136 Å². The van der Waals surface area contributed by atoms with E-state index in [0.717, 1.165) is 12.6 Å². The Labute approximate surface area is 171 Å². The van der Waals surface area contributed by atoms with Crippen LogP contribution in [0.25, 0.3) is 0 Å². The molecule has 0 saturated carbocycles. The molecule has 0 atom stereocenters. The van der Waals surface area contributed by atoms with Crippen molar-refractivity contribution >= 4 is 34.1 Å². The second-order valence-electron chi connectivity index (χ2n) is 5.95. The third-order valence-corrected chi connectivity index (χ3v) is 3.67. The minimum absolute atomic E-state index is 0.0785. The second-order valence-corrected chi connectivity index (χ2v) is 6.29. The number of nitro groups is 2. The van der Waals surface area contributed by atoms with Gasteiger partial charge < -0.3 is 10.2 Å². The highest BCUT2D eigenvalue weighted by Crippen LogP contribution is 2.14. The lowest BCUT2D eigenvalue weighted by Gasteiger charge is -2.10. The van der Waals surface area contributed by atoms with E-state index in [-0.39, 0.29) is 22.8 Å². The number of hydrogen-bond donors (Lipinski definition) is 1. The number of hydrogen-bond acceptors (Lipinski definition) is 7. The van der Waals surface area contributed by atoms with Crippen molar-refractivity contribution in [1.29, 1.82) is 0 Å². The van der Waals surface area contributed by atoms with E-state index in [0.29, 0.717) is 12.1 Å². The van der Waals surface area contributed by atoms with Crippen LogP contribution in [-0.2, 0) is 0 Å². The summed E-state index contributed by atoms with van der Waals surface area (Å²) in [5.41, 5.74) is 0.218. The van der Waals surface area contributed by atoms with Gasteiger partial charge in [0.15, 0.2) is 0 Å². The quantitative estimate of drug-likeness (QED) is 0.411. The number of benzene rings is 2. The van der Waals surface area contributed by atoms with E-state index >= 15 is 0 Å². The first-order valence-corrected chi connectivity index (χ1v) is 8.61. The number of halogens is 1. The normalized spacial score (nSPS) is 9.93. The van der Waals surface area contributed by atoms with Crippen molar-refractivity contribution in [3.05, 3.63) is 79.9 Å². The first-order valence-electron chi connectivity index (χ1n) is 8.23. The van der Waals surface area contributed by atoms with Crippen molar-refractivity contribution in [2.24, 2.45) is 0 Å². The molecule has 0 unspecified atom stereocenters. The molecule has 1 N–H and O–H groups in total. The maximum atomic E-state index is 11.6. The fourth-order valence-electron chi connectivity index (χ4n) is 2.00. The van der Waals surface area contributed by atoms with E-state index in [1.807, 2.05) is 19.0 Å². The molecule has 2 rings (SSSR count). The number of likely N-dealkylation sites (N-methyl/N-ethyl adjacent to an activating group) is 1. The Morgan fingerprint density at radius 2 is 1.45 bits per heavy atom. The van der Waals surface area contributed by atoms with E-state index in [4.69, 9.17) is 11.6 Å². The van der Waals surface area contributed by atoms with Gasteiger partial charge in [0, 0.05) is 48.5 Å². The summed E-state index contributed by atoms with van der Waals surface area (Å²) in [6.45, 7) is 1.23. The molecule has 0 aromatic heterocycles. The summed E-state index contributed by atoms with van der Waals surface area (Å²) in [6, 6.07) is 10.9. The predicted octanol–water partition coefficient (Wildman–Crippen LogP) is 2.86. The molecule has 2 aromatic carbocycles. The van der Waals surface area contributed by atoms with Crippen LogP contribution in [0.15, 0.2) is 48.5 Å². The Kier molecular flexibility index (Phi) is 9.36. The number of nitro benzene ring substituents is 2. The predicted molar refractivity (Wildman–Crippen MR) is 107 cm³/mol. The summed E-state index contributed by atoms with van der Waals surface area (Å²) in [4.78, 5) is 43.8. The fraction of sp³-hybridized carbons (Fsp3) is 0.222. The summed E-state index contributed by atoms with van der Waals surface area (Å²) < 4.78 is 0. The SMILES string of the molecule is CN(C)CCNC(=O)c1cccc([N+](=O)[O-])c1.O=C(Cl)c1cccc([N+](=O)[O-])c1. The Morgan fingerprint density at radius 1 is 0.966 bits per heavy atom. The van der Waals surface area contributed by atoms with Crippen LogP contribution in [-0.4, -0.2) is 53.1 Å². The summed E-state index contributed by atoms with van der Waals surface area (Å²) >= 11 is 5.12. The zero-order chi connectivity index (χ0) is 22.0. The van der Waals surface area contributed by atoms with Gasteiger partial charge in [0.2, 0.25) is 0 Å². The van der Waals surface area contributed by atoms with Gasteiger partial charge in [0.25, 0.3) is 22.5 Å². The highest BCUT2D eigenvalue weighted by Gasteiger charge is 2.11. The molecule has 0 aliphatic carbocycles. The largest absolute Gasteiger partial charge is 0.351 e. The smallest absolute Gasteiger partial charge is 0.270 e. The number of rotatable bonds is 7. The molecule has 29 heavy (non-hydrogen) atoms. The second kappa shape index (κ2) is 11.5. The minimum Gasteiger partial charge on any atom is -0.351 e. The zero-order valence-electron chi connectivity index (χ0n) is 15.7. The van der Waals surface area contributed by atoms with Crippen molar-refractivity contribution in [2.45, 2.75) is 0 Å². The highest BCUT2D eigenvalue weighted by molar-refractivity contribution is 6.67. The van der Waals surface area contributed by atoms with E-state index in [9.17, 15) is 29.8 Å². The first kappa shape index (κ1) is 23.7. The van der Waals surface area contributed by atoms with Gasteiger partial charge in [-0.25, -0.2) is 0 Å². The van der Waals surface area contributed by atoms with Gasteiger partial charge in [-0.2, -0.15) is 0 Å². The Morgan fingerprint density at radius 3 is 1.90 bits per heavy atom. The maximum Gasteiger partial charge on any atom is 0.270 e. The molecule has 154 valence electrons. The molecule has 0 radical (unpaired) electrons. The molecule has 0 fully saturated rings. The molecular weight excluding hydrogens is 404 g/mol. The molecule has 0 heterocycles. The lowest BCUT2D eigenvalue weighted by molar-refractivity contribution is -0.385. The maximum absolute atomic E-state index is 11.6. The highest BCUT2D eigenvalue weighted by atomic mass is 35.5. The molecule has 1 amide bonds. The monoisotopic (exact) mass is 422 g/mol. The van der Waals surface area contributed by atoms with Crippen LogP contribution in [0, 0.1) is 20.2 Å². The molecule has 0 spiro atoms. The number of carbonyl (C=O) groups excluding carboxylic acids is 2. The number of nitrogens with zero attached hydrogens (tertiary/aromatic N) is 3. The van der Waals surface area contributed by atoms with Crippen molar-refractivity contribution in [3.63, 3.8) is 0 Å². The molecule has 0 saturated heterocycles.